The van der Waals surface area contributed by atoms with Crippen LogP contribution in [0.15, 0.2) is 11.4 Å². The molecule has 1 aromatic carbocycles. The molecule has 102 valence electrons. The summed E-state index contributed by atoms with van der Waals surface area (Å²) in [6.45, 7) is 10.7. The summed E-state index contributed by atoms with van der Waals surface area (Å²) in [5.41, 5.74) is 8.44. The maximum absolute atomic E-state index is 10.7. The minimum absolute atomic E-state index is 0.516. The quantitative estimate of drug-likeness (QED) is 0.722. The van der Waals surface area contributed by atoms with Gasteiger partial charge in [-0.2, -0.15) is 0 Å². The molecule has 0 aliphatic heterocycles. The van der Waals surface area contributed by atoms with E-state index in [-0.39, 0.29) is 0 Å². The van der Waals surface area contributed by atoms with E-state index in [2.05, 4.69) is 68.7 Å². The molecule has 0 radical (unpaired) electrons. The molecule has 2 rings (SSSR count). The van der Waals surface area contributed by atoms with E-state index in [9.17, 15) is 5.11 Å². The highest BCUT2D eigenvalue weighted by Crippen LogP contribution is 2.35. The summed E-state index contributed by atoms with van der Waals surface area (Å²) in [6.07, 6.45) is -0.516. The average Bonchev–Trinajstić information content (AvgIpc) is 2.81. The number of hydrogen-bond donors (Lipinski definition) is 1. The van der Waals surface area contributed by atoms with Crippen molar-refractivity contribution in [3.05, 3.63) is 53.3 Å². The van der Waals surface area contributed by atoms with Crippen LogP contribution in [0.4, 0.5) is 0 Å². The molecule has 1 aromatic heterocycles. The summed E-state index contributed by atoms with van der Waals surface area (Å²) in [6, 6.07) is 2.07. The summed E-state index contributed by atoms with van der Waals surface area (Å²) in [5, 5.41) is 12.8. The van der Waals surface area contributed by atoms with E-state index in [1.807, 2.05) is 0 Å². The third-order valence-electron chi connectivity index (χ3n) is 4.23. The first-order chi connectivity index (χ1) is 8.84. The number of thiophene rings is 1. The summed E-state index contributed by atoms with van der Waals surface area (Å²) in [7, 11) is 0. The molecule has 0 fully saturated rings. The van der Waals surface area contributed by atoms with E-state index in [1.165, 1.54) is 30.7 Å². The molecule has 0 amide bonds. The molecule has 1 N–H and O–H groups in total. The molecule has 19 heavy (non-hydrogen) atoms. The molecule has 0 aliphatic carbocycles. The van der Waals surface area contributed by atoms with E-state index in [0.717, 1.165) is 11.1 Å². The van der Waals surface area contributed by atoms with E-state index in [0.29, 0.717) is 0 Å². The van der Waals surface area contributed by atoms with Gasteiger partial charge < -0.3 is 5.11 Å². The topological polar surface area (TPSA) is 20.2 Å². The lowest BCUT2D eigenvalue weighted by molar-refractivity contribution is 0.219. The van der Waals surface area contributed by atoms with Crippen molar-refractivity contribution in [3.63, 3.8) is 0 Å². The molecule has 0 aliphatic rings. The number of aliphatic hydroxyl groups is 1. The summed E-state index contributed by atoms with van der Waals surface area (Å²) in [5.74, 6) is 0. The number of halogens is 1. The van der Waals surface area contributed by atoms with Gasteiger partial charge in [0.1, 0.15) is 6.10 Å². The highest BCUT2D eigenvalue weighted by molar-refractivity contribution is 14.1. The van der Waals surface area contributed by atoms with Gasteiger partial charge in [0, 0.05) is 0 Å². The molecule has 1 heterocycles. The predicted octanol–water partition coefficient (Wildman–Crippen LogP) is 4.98. The van der Waals surface area contributed by atoms with E-state index in [1.54, 1.807) is 11.3 Å². The average molecular weight is 386 g/mol. The number of benzene rings is 1. The molecular formula is C16H19IOS. The lowest BCUT2D eigenvalue weighted by Gasteiger charge is -2.22. The van der Waals surface area contributed by atoms with Crippen LogP contribution in [-0.2, 0) is 0 Å². The molecule has 3 heteroatoms. The molecule has 0 bridgehead atoms. The van der Waals surface area contributed by atoms with Gasteiger partial charge in [-0.25, -0.2) is 0 Å². The van der Waals surface area contributed by atoms with Crippen molar-refractivity contribution in [2.75, 3.05) is 0 Å². The SMILES string of the molecule is Cc1c(C)c(C)c(C(O)c2csc(I)c2)c(C)c1C. The van der Waals surface area contributed by atoms with Crippen LogP contribution in [0.1, 0.15) is 45.0 Å². The van der Waals surface area contributed by atoms with Crippen molar-refractivity contribution in [2.24, 2.45) is 0 Å². The maximum atomic E-state index is 10.7. The zero-order valence-corrected chi connectivity index (χ0v) is 14.9. The molecule has 1 unspecified atom stereocenters. The monoisotopic (exact) mass is 386 g/mol. The number of rotatable bonds is 2. The predicted molar refractivity (Wildman–Crippen MR) is 91.2 cm³/mol. The second-order valence-corrected chi connectivity index (χ2v) is 7.93. The molecule has 0 saturated heterocycles. The van der Waals surface area contributed by atoms with E-state index < -0.39 is 6.10 Å². The van der Waals surface area contributed by atoms with Crippen LogP contribution in [0, 0.1) is 37.5 Å². The smallest absolute Gasteiger partial charge is 0.105 e. The zero-order valence-electron chi connectivity index (χ0n) is 12.0. The van der Waals surface area contributed by atoms with Crippen LogP contribution < -0.4 is 0 Å². The summed E-state index contributed by atoms with van der Waals surface area (Å²) < 4.78 is 1.21. The van der Waals surface area contributed by atoms with Crippen LogP contribution >= 0.6 is 33.9 Å². The van der Waals surface area contributed by atoms with Gasteiger partial charge in [-0.1, -0.05) is 0 Å². The van der Waals surface area contributed by atoms with Gasteiger partial charge in [-0.05, 0) is 108 Å². The Morgan fingerprint density at radius 3 is 1.84 bits per heavy atom. The minimum atomic E-state index is -0.516. The van der Waals surface area contributed by atoms with Crippen LogP contribution in [0.5, 0.6) is 0 Å². The van der Waals surface area contributed by atoms with Crippen LogP contribution in [0.2, 0.25) is 0 Å². The highest BCUT2D eigenvalue weighted by Gasteiger charge is 2.20. The lowest BCUT2D eigenvalue weighted by atomic mass is 9.86. The Balaban J connectivity index is 2.63. The Morgan fingerprint density at radius 1 is 0.947 bits per heavy atom. The summed E-state index contributed by atoms with van der Waals surface area (Å²) in [4.78, 5) is 0. The maximum Gasteiger partial charge on any atom is 0.105 e. The molecule has 0 saturated carbocycles. The second-order valence-electron chi connectivity index (χ2n) is 5.13. The number of aliphatic hydroxyl groups excluding tert-OH is 1. The van der Waals surface area contributed by atoms with Gasteiger partial charge in [0.2, 0.25) is 0 Å². The Kier molecular flexibility index (Phi) is 4.38. The van der Waals surface area contributed by atoms with Gasteiger partial charge in [0.25, 0.3) is 0 Å². The first-order valence-electron chi connectivity index (χ1n) is 6.33. The van der Waals surface area contributed by atoms with Crippen LogP contribution in [-0.4, -0.2) is 5.11 Å². The van der Waals surface area contributed by atoms with Gasteiger partial charge in [0.05, 0.1) is 2.88 Å². The minimum Gasteiger partial charge on any atom is -0.384 e. The first kappa shape index (κ1) is 15.0. The normalized spacial score (nSPS) is 12.8. The third kappa shape index (κ3) is 2.60. The van der Waals surface area contributed by atoms with Crippen LogP contribution in [0.25, 0.3) is 0 Å². The molecule has 1 nitrogen and oxygen atoms in total. The standard InChI is InChI=1S/C16H19IOS/c1-8-9(2)11(4)15(12(5)10(8)3)16(18)13-6-14(17)19-7-13/h6-7,16,18H,1-5H3. The van der Waals surface area contributed by atoms with Gasteiger partial charge in [-0.15, -0.1) is 11.3 Å². The van der Waals surface area contributed by atoms with Crippen molar-refractivity contribution in [1.29, 1.82) is 0 Å². The molecule has 2 aromatic rings. The molecule has 1 atom stereocenters. The highest BCUT2D eigenvalue weighted by atomic mass is 127. The molecular weight excluding hydrogens is 367 g/mol. The van der Waals surface area contributed by atoms with Crippen LogP contribution in [0.3, 0.4) is 0 Å². The summed E-state index contributed by atoms with van der Waals surface area (Å²) >= 11 is 3.97. The Labute approximate surface area is 132 Å². The fourth-order valence-corrected chi connectivity index (χ4v) is 3.96. The van der Waals surface area contributed by atoms with E-state index in [4.69, 9.17) is 0 Å². The van der Waals surface area contributed by atoms with Gasteiger partial charge in [0.15, 0.2) is 0 Å². The second kappa shape index (κ2) is 5.54. The van der Waals surface area contributed by atoms with Crippen molar-refractivity contribution >= 4 is 33.9 Å². The largest absolute Gasteiger partial charge is 0.384 e. The van der Waals surface area contributed by atoms with Crippen molar-refractivity contribution in [1.82, 2.24) is 0 Å². The third-order valence-corrected chi connectivity index (χ3v) is 6.04. The van der Waals surface area contributed by atoms with Crippen molar-refractivity contribution in [3.8, 4) is 0 Å². The zero-order chi connectivity index (χ0) is 14.3. The van der Waals surface area contributed by atoms with Gasteiger partial charge in [-0.3, -0.25) is 0 Å². The Hall–Kier alpha value is -0.390. The van der Waals surface area contributed by atoms with E-state index >= 15 is 0 Å². The first-order valence-corrected chi connectivity index (χ1v) is 8.29. The Morgan fingerprint density at radius 2 is 1.42 bits per heavy atom. The fraction of sp³-hybridized carbons (Fsp3) is 0.375. The Bertz CT molecular complexity index is 599. The lowest BCUT2D eigenvalue weighted by Crippen LogP contribution is -2.08. The van der Waals surface area contributed by atoms with Crippen molar-refractivity contribution < 1.29 is 5.11 Å². The van der Waals surface area contributed by atoms with Gasteiger partial charge >= 0.3 is 0 Å². The molecule has 0 spiro atoms. The van der Waals surface area contributed by atoms with Crippen molar-refractivity contribution in [2.45, 2.75) is 40.7 Å². The number of hydrogen-bond acceptors (Lipinski definition) is 2. The fourth-order valence-electron chi connectivity index (χ4n) is 2.57.